The van der Waals surface area contributed by atoms with Crippen LogP contribution in [0.5, 0.6) is 0 Å². The van der Waals surface area contributed by atoms with Gasteiger partial charge in [0.25, 0.3) is 0 Å². The third-order valence-electron chi connectivity index (χ3n) is 3.60. The van der Waals surface area contributed by atoms with Gasteiger partial charge >= 0.3 is 12.2 Å². The molecule has 2 rings (SSSR count). The number of nitrogens with one attached hydrogen (secondary N) is 2. The lowest BCUT2D eigenvalue weighted by molar-refractivity contribution is -0.137. The summed E-state index contributed by atoms with van der Waals surface area (Å²) in [5.74, 6) is -0.580. The van der Waals surface area contributed by atoms with Gasteiger partial charge in [0.1, 0.15) is 0 Å². The molecule has 0 bridgehead atoms. The minimum absolute atomic E-state index is 0.250. The van der Waals surface area contributed by atoms with Crippen molar-refractivity contribution >= 4 is 29.4 Å². The summed E-state index contributed by atoms with van der Waals surface area (Å²) in [6.45, 7) is 5.29. The molecule has 2 aromatic rings. The number of hydrogen-bond acceptors (Lipinski definition) is 4. The monoisotopic (exact) mass is 397 g/mol. The Morgan fingerprint density at radius 3 is 2.41 bits per heavy atom. The van der Waals surface area contributed by atoms with Crippen molar-refractivity contribution in [3.63, 3.8) is 0 Å². The highest BCUT2D eigenvalue weighted by Gasteiger charge is 2.30. The Kier molecular flexibility index (Phi) is 6.48. The number of urea groups is 1. The van der Waals surface area contributed by atoms with Crippen LogP contribution in [0.3, 0.4) is 0 Å². The minimum atomic E-state index is -4.47. The van der Waals surface area contributed by atoms with Gasteiger partial charge < -0.3 is 5.32 Å². The number of benzene rings is 1. The molecule has 1 heterocycles. The van der Waals surface area contributed by atoms with Crippen LogP contribution >= 0.6 is 11.8 Å². The molecule has 1 aromatic carbocycles. The number of anilines is 1. The average Bonchev–Trinajstić information content (AvgIpc) is 2.57. The molecule has 3 amide bonds. The molecule has 0 saturated carbocycles. The Labute approximate surface area is 158 Å². The van der Waals surface area contributed by atoms with Gasteiger partial charge in [-0.15, -0.1) is 0 Å². The van der Waals surface area contributed by atoms with Gasteiger partial charge in [-0.3, -0.25) is 10.1 Å². The number of amides is 3. The van der Waals surface area contributed by atoms with E-state index in [9.17, 15) is 22.8 Å². The molecule has 0 unspecified atom stereocenters. The summed E-state index contributed by atoms with van der Waals surface area (Å²) in [6, 6.07) is 6.87. The second-order valence-corrected chi connectivity index (χ2v) is 7.27. The van der Waals surface area contributed by atoms with Crippen LogP contribution < -0.4 is 10.6 Å². The first kappa shape index (κ1) is 20.8. The summed E-state index contributed by atoms with van der Waals surface area (Å²) in [5.41, 5.74) is 1.62. The molecule has 0 saturated heterocycles. The van der Waals surface area contributed by atoms with E-state index in [1.165, 1.54) is 13.0 Å². The number of halogens is 3. The predicted octanol–water partition coefficient (Wildman–Crippen LogP) is 4.55. The van der Waals surface area contributed by atoms with E-state index < -0.39 is 28.9 Å². The van der Waals surface area contributed by atoms with Crippen LogP contribution in [-0.2, 0) is 11.0 Å². The maximum absolute atomic E-state index is 12.5. The number of aromatic nitrogens is 1. The Morgan fingerprint density at radius 2 is 1.85 bits per heavy atom. The molecule has 0 spiro atoms. The molecule has 144 valence electrons. The SMILES string of the molecule is Cc1ccc(NC(=O)NC(=O)[C@@H](C)Sc2ccc(C(F)(F)F)cn2)c(C)c1. The van der Waals surface area contributed by atoms with Gasteiger partial charge in [0.2, 0.25) is 5.91 Å². The van der Waals surface area contributed by atoms with Crippen LogP contribution in [0.15, 0.2) is 41.6 Å². The zero-order valence-corrected chi connectivity index (χ0v) is 15.7. The first-order valence-electron chi connectivity index (χ1n) is 7.95. The predicted molar refractivity (Wildman–Crippen MR) is 97.6 cm³/mol. The van der Waals surface area contributed by atoms with Gasteiger partial charge in [0.05, 0.1) is 15.8 Å². The molecule has 0 aliphatic heterocycles. The summed E-state index contributed by atoms with van der Waals surface area (Å²) in [7, 11) is 0. The Bertz CT molecular complexity index is 839. The molecule has 27 heavy (non-hydrogen) atoms. The Morgan fingerprint density at radius 1 is 1.15 bits per heavy atom. The number of imide groups is 1. The standard InChI is InChI=1S/C18H18F3N3O2S/c1-10-4-6-14(11(2)8-10)23-17(26)24-16(25)12(3)27-15-7-5-13(9-22-15)18(19,20)21/h4-9,12H,1-3H3,(H2,23,24,25,26)/t12-/m1/s1. The zero-order chi connectivity index (χ0) is 20.2. The van der Waals surface area contributed by atoms with Gasteiger partial charge in [0.15, 0.2) is 0 Å². The van der Waals surface area contributed by atoms with E-state index in [-0.39, 0.29) is 5.03 Å². The zero-order valence-electron chi connectivity index (χ0n) is 14.8. The third kappa shape index (κ3) is 5.99. The molecule has 1 atom stereocenters. The van der Waals surface area contributed by atoms with Crippen LogP contribution in [-0.4, -0.2) is 22.2 Å². The fraction of sp³-hybridized carbons (Fsp3) is 0.278. The van der Waals surface area contributed by atoms with Crippen LogP contribution in [0.4, 0.5) is 23.7 Å². The molecule has 1 aromatic heterocycles. The van der Waals surface area contributed by atoms with Gasteiger partial charge in [-0.05, 0) is 44.5 Å². The van der Waals surface area contributed by atoms with E-state index in [1.54, 1.807) is 6.07 Å². The number of pyridine rings is 1. The fourth-order valence-electron chi connectivity index (χ4n) is 2.17. The molecule has 2 N–H and O–H groups in total. The number of aryl methyl sites for hydroxylation is 2. The lowest BCUT2D eigenvalue weighted by atomic mass is 10.1. The van der Waals surface area contributed by atoms with Crippen molar-refractivity contribution in [1.82, 2.24) is 10.3 Å². The largest absolute Gasteiger partial charge is 0.417 e. The smallest absolute Gasteiger partial charge is 0.307 e. The van der Waals surface area contributed by atoms with Crippen LogP contribution in [0.1, 0.15) is 23.6 Å². The first-order valence-corrected chi connectivity index (χ1v) is 8.83. The van der Waals surface area contributed by atoms with E-state index >= 15 is 0 Å². The number of carbonyl (C=O) groups is 2. The summed E-state index contributed by atoms with van der Waals surface area (Å²) >= 11 is 0.954. The quantitative estimate of drug-likeness (QED) is 0.743. The van der Waals surface area contributed by atoms with Crippen LogP contribution in [0.25, 0.3) is 0 Å². The van der Waals surface area contributed by atoms with E-state index in [0.717, 1.165) is 29.0 Å². The third-order valence-corrected chi connectivity index (χ3v) is 4.65. The second-order valence-electron chi connectivity index (χ2n) is 5.90. The molecule has 0 fully saturated rings. The van der Waals surface area contributed by atoms with Crippen molar-refractivity contribution in [1.29, 1.82) is 0 Å². The summed E-state index contributed by atoms with van der Waals surface area (Å²) < 4.78 is 37.6. The van der Waals surface area contributed by atoms with Gasteiger partial charge in [-0.1, -0.05) is 29.5 Å². The van der Waals surface area contributed by atoms with E-state index in [1.807, 2.05) is 26.0 Å². The summed E-state index contributed by atoms with van der Waals surface area (Å²) in [4.78, 5) is 27.8. The minimum Gasteiger partial charge on any atom is -0.307 e. The topological polar surface area (TPSA) is 71.1 Å². The number of hydrogen-bond donors (Lipinski definition) is 2. The molecular formula is C18H18F3N3O2S. The van der Waals surface area contributed by atoms with Crippen molar-refractivity contribution in [3.05, 3.63) is 53.2 Å². The van der Waals surface area contributed by atoms with Gasteiger partial charge in [0, 0.05) is 11.9 Å². The number of nitrogens with zero attached hydrogens (tertiary/aromatic N) is 1. The highest BCUT2D eigenvalue weighted by molar-refractivity contribution is 8.00. The normalized spacial score (nSPS) is 12.4. The number of alkyl halides is 3. The summed E-state index contributed by atoms with van der Waals surface area (Å²) in [5, 5.41) is 4.33. The number of rotatable bonds is 4. The van der Waals surface area contributed by atoms with E-state index in [2.05, 4.69) is 15.6 Å². The fourth-order valence-corrected chi connectivity index (χ4v) is 2.96. The van der Waals surface area contributed by atoms with Crippen molar-refractivity contribution in [2.45, 2.75) is 37.2 Å². The maximum atomic E-state index is 12.5. The Hall–Kier alpha value is -2.55. The maximum Gasteiger partial charge on any atom is 0.417 e. The van der Waals surface area contributed by atoms with Crippen LogP contribution in [0, 0.1) is 13.8 Å². The van der Waals surface area contributed by atoms with Crippen molar-refractivity contribution in [3.8, 4) is 0 Å². The van der Waals surface area contributed by atoms with Crippen molar-refractivity contribution in [2.24, 2.45) is 0 Å². The average molecular weight is 397 g/mol. The molecule has 9 heteroatoms. The van der Waals surface area contributed by atoms with Crippen molar-refractivity contribution < 1.29 is 22.8 Å². The molecular weight excluding hydrogens is 379 g/mol. The number of thioether (sulfide) groups is 1. The van der Waals surface area contributed by atoms with Gasteiger partial charge in [-0.25, -0.2) is 9.78 Å². The number of carbonyl (C=O) groups excluding carboxylic acids is 2. The first-order chi connectivity index (χ1) is 12.6. The van der Waals surface area contributed by atoms with E-state index in [4.69, 9.17) is 0 Å². The van der Waals surface area contributed by atoms with Crippen LogP contribution in [0.2, 0.25) is 0 Å². The highest BCUT2D eigenvalue weighted by Crippen LogP contribution is 2.30. The molecule has 0 radical (unpaired) electrons. The second kappa shape index (κ2) is 8.43. The van der Waals surface area contributed by atoms with Gasteiger partial charge in [-0.2, -0.15) is 13.2 Å². The highest BCUT2D eigenvalue weighted by atomic mass is 32.2. The Balaban J connectivity index is 1.92. The lowest BCUT2D eigenvalue weighted by Crippen LogP contribution is -2.39. The molecule has 0 aliphatic carbocycles. The van der Waals surface area contributed by atoms with Crippen molar-refractivity contribution in [2.75, 3.05) is 5.32 Å². The molecule has 5 nitrogen and oxygen atoms in total. The lowest BCUT2D eigenvalue weighted by Gasteiger charge is -2.13. The van der Waals surface area contributed by atoms with E-state index in [0.29, 0.717) is 11.9 Å². The summed E-state index contributed by atoms with van der Waals surface area (Å²) in [6.07, 6.45) is -3.76. The molecule has 0 aliphatic rings.